The Morgan fingerprint density at radius 2 is 2.06 bits per heavy atom. The first-order valence-corrected chi connectivity index (χ1v) is 10.6. The fraction of sp³-hybridized carbons (Fsp3) is 0.250. The molecule has 0 atom stereocenters. The van der Waals surface area contributed by atoms with Crippen LogP contribution in [-0.4, -0.2) is 47.3 Å². The van der Waals surface area contributed by atoms with E-state index in [9.17, 15) is 4.79 Å². The van der Waals surface area contributed by atoms with E-state index in [-0.39, 0.29) is 5.91 Å². The van der Waals surface area contributed by atoms with Crippen molar-refractivity contribution in [3.05, 3.63) is 77.1 Å². The molecule has 1 amide bonds. The molecule has 0 aliphatic carbocycles. The third-order valence-electron chi connectivity index (χ3n) is 5.39. The SMILES string of the molecule is COc1cc(Cl)c(C)cc1NC(=O)CN1CC=C(c2cnn(-c3ccccc3)c2)CC1. The predicted octanol–water partition coefficient (Wildman–Crippen LogP) is 4.57. The van der Waals surface area contributed by atoms with Crippen LogP contribution in [0.25, 0.3) is 11.3 Å². The molecule has 160 valence electrons. The molecule has 3 aromatic rings. The number of anilines is 1. The number of nitrogens with zero attached hydrogens (tertiary/aromatic N) is 3. The van der Waals surface area contributed by atoms with Gasteiger partial charge in [0.05, 0.1) is 31.2 Å². The van der Waals surface area contributed by atoms with Gasteiger partial charge in [-0.05, 0) is 42.7 Å². The maximum absolute atomic E-state index is 12.6. The van der Waals surface area contributed by atoms with Gasteiger partial charge in [0.1, 0.15) is 5.75 Å². The number of methoxy groups -OCH3 is 1. The van der Waals surface area contributed by atoms with Crippen molar-refractivity contribution in [3.8, 4) is 11.4 Å². The van der Waals surface area contributed by atoms with E-state index in [1.807, 2.05) is 54.2 Å². The Labute approximate surface area is 187 Å². The van der Waals surface area contributed by atoms with Gasteiger partial charge < -0.3 is 10.1 Å². The van der Waals surface area contributed by atoms with Crippen molar-refractivity contribution in [3.63, 3.8) is 0 Å². The molecule has 6 nitrogen and oxygen atoms in total. The Morgan fingerprint density at radius 3 is 2.77 bits per heavy atom. The maximum Gasteiger partial charge on any atom is 0.238 e. The standard InChI is InChI=1S/C24H25ClN4O2/c1-17-12-22(23(31-2)13-21(17)25)27-24(30)16-28-10-8-18(9-11-28)19-14-26-29(15-19)20-6-4-3-5-7-20/h3-8,12-15H,9-11,16H2,1-2H3,(H,27,30). The molecular weight excluding hydrogens is 412 g/mol. The average molecular weight is 437 g/mol. The lowest BCUT2D eigenvalue weighted by Crippen LogP contribution is -2.36. The van der Waals surface area contributed by atoms with Crippen molar-refractivity contribution in [1.29, 1.82) is 0 Å². The zero-order chi connectivity index (χ0) is 21.8. The van der Waals surface area contributed by atoms with Gasteiger partial charge in [-0.1, -0.05) is 35.9 Å². The number of hydrogen-bond donors (Lipinski definition) is 1. The number of rotatable bonds is 6. The molecule has 0 bridgehead atoms. The van der Waals surface area contributed by atoms with E-state index in [4.69, 9.17) is 16.3 Å². The van der Waals surface area contributed by atoms with Crippen LogP contribution in [0.1, 0.15) is 17.5 Å². The topological polar surface area (TPSA) is 59.4 Å². The largest absolute Gasteiger partial charge is 0.495 e. The lowest BCUT2D eigenvalue weighted by molar-refractivity contribution is -0.117. The van der Waals surface area contributed by atoms with E-state index in [1.54, 1.807) is 13.2 Å². The third kappa shape index (κ3) is 4.98. The molecule has 1 aliphatic heterocycles. The average Bonchev–Trinajstić information content (AvgIpc) is 3.27. The monoisotopic (exact) mass is 436 g/mol. The van der Waals surface area contributed by atoms with Gasteiger partial charge in [-0.15, -0.1) is 0 Å². The van der Waals surface area contributed by atoms with Crippen molar-refractivity contribution in [2.45, 2.75) is 13.3 Å². The number of carbonyl (C=O) groups is 1. The Balaban J connectivity index is 1.36. The van der Waals surface area contributed by atoms with Gasteiger partial charge in [-0.25, -0.2) is 4.68 Å². The summed E-state index contributed by atoms with van der Waals surface area (Å²) in [6.07, 6.45) is 7.00. The van der Waals surface area contributed by atoms with E-state index in [2.05, 4.69) is 27.6 Å². The Morgan fingerprint density at radius 1 is 1.26 bits per heavy atom. The zero-order valence-corrected chi connectivity index (χ0v) is 18.4. The van der Waals surface area contributed by atoms with Crippen molar-refractivity contribution in [2.24, 2.45) is 0 Å². The van der Waals surface area contributed by atoms with Crippen LogP contribution in [0.2, 0.25) is 5.02 Å². The summed E-state index contributed by atoms with van der Waals surface area (Å²) in [5.74, 6) is 0.481. The first-order chi connectivity index (χ1) is 15.0. The first kappa shape index (κ1) is 21.2. The summed E-state index contributed by atoms with van der Waals surface area (Å²) in [7, 11) is 1.56. The fourth-order valence-corrected chi connectivity index (χ4v) is 3.80. The van der Waals surface area contributed by atoms with Crippen LogP contribution in [0, 0.1) is 6.92 Å². The van der Waals surface area contributed by atoms with Gasteiger partial charge in [0, 0.05) is 35.9 Å². The molecule has 31 heavy (non-hydrogen) atoms. The Hall–Kier alpha value is -3.09. The van der Waals surface area contributed by atoms with E-state index >= 15 is 0 Å². The van der Waals surface area contributed by atoms with Crippen LogP contribution >= 0.6 is 11.6 Å². The number of amides is 1. The molecule has 7 heteroatoms. The number of nitrogens with one attached hydrogen (secondary N) is 1. The highest BCUT2D eigenvalue weighted by atomic mass is 35.5. The highest BCUT2D eigenvalue weighted by Gasteiger charge is 2.18. The van der Waals surface area contributed by atoms with E-state index in [1.165, 1.54) is 5.57 Å². The summed E-state index contributed by atoms with van der Waals surface area (Å²) >= 11 is 6.14. The van der Waals surface area contributed by atoms with Gasteiger partial charge in [-0.2, -0.15) is 5.10 Å². The summed E-state index contributed by atoms with van der Waals surface area (Å²) in [4.78, 5) is 14.7. The van der Waals surface area contributed by atoms with Crippen LogP contribution in [-0.2, 0) is 4.79 Å². The normalized spacial score (nSPS) is 14.2. The van der Waals surface area contributed by atoms with E-state index in [0.717, 1.165) is 36.3 Å². The number of ether oxygens (including phenoxy) is 1. The lowest BCUT2D eigenvalue weighted by Gasteiger charge is -2.25. The molecular formula is C24H25ClN4O2. The number of benzene rings is 2. The van der Waals surface area contributed by atoms with Crippen molar-refractivity contribution in [1.82, 2.24) is 14.7 Å². The first-order valence-electron chi connectivity index (χ1n) is 10.2. The van der Waals surface area contributed by atoms with Gasteiger partial charge in [-0.3, -0.25) is 9.69 Å². The van der Waals surface area contributed by atoms with Crippen molar-refractivity contribution >= 4 is 28.8 Å². The van der Waals surface area contributed by atoms with Crippen LogP contribution in [0.15, 0.2) is 60.9 Å². The summed E-state index contributed by atoms with van der Waals surface area (Å²) in [6, 6.07) is 13.6. The van der Waals surface area contributed by atoms with Gasteiger partial charge in [0.25, 0.3) is 0 Å². The molecule has 0 spiro atoms. The molecule has 2 heterocycles. The number of aryl methyl sites for hydroxylation is 1. The van der Waals surface area contributed by atoms with E-state index < -0.39 is 0 Å². The maximum atomic E-state index is 12.6. The lowest BCUT2D eigenvalue weighted by atomic mass is 10.0. The van der Waals surface area contributed by atoms with Crippen LogP contribution in [0.5, 0.6) is 5.75 Å². The third-order valence-corrected chi connectivity index (χ3v) is 5.80. The molecule has 1 aromatic heterocycles. The quantitative estimate of drug-likeness (QED) is 0.614. The molecule has 1 N–H and O–H groups in total. The minimum absolute atomic E-state index is 0.0752. The molecule has 0 unspecified atom stereocenters. The van der Waals surface area contributed by atoms with Crippen LogP contribution < -0.4 is 10.1 Å². The smallest absolute Gasteiger partial charge is 0.238 e. The number of hydrogen-bond acceptors (Lipinski definition) is 4. The second kappa shape index (κ2) is 9.37. The van der Waals surface area contributed by atoms with Crippen LogP contribution in [0.4, 0.5) is 5.69 Å². The predicted molar refractivity (Wildman–Crippen MR) is 124 cm³/mol. The highest BCUT2D eigenvalue weighted by Crippen LogP contribution is 2.31. The van der Waals surface area contributed by atoms with Gasteiger partial charge >= 0.3 is 0 Å². The van der Waals surface area contributed by atoms with Gasteiger partial charge in [0.15, 0.2) is 0 Å². The van der Waals surface area contributed by atoms with Crippen LogP contribution in [0.3, 0.4) is 0 Å². The Bertz CT molecular complexity index is 1110. The molecule has 1 aliphatic rings. The van der Waals surface area contributed by atoms with Crippen molar-refractivity contribution in [2.75, 3.05) is 32.1 Å². The fourth-order valence-electron chi connectivity index (χ4n) is 3.65. The minimum Gasteiger partial charge on any atom is -0.495 e. The molecule has 0 fully saturated rings. The number of carbonyl (C=O) groups excluding carboxylic acids is 1. The molecule has 0 saturated carbocycles. The molecule has 4 rings (SSSR count). The number of para-hydroxylation sites is 1. The summed E-state index contributed by atoms with van der Waals surface area (Å²) in [5.41, 5.74) is 4.94. The Kier molecular flexibility index (Phi) is 6.39. The second-order valence-corrected chi connectivity index (χ2v) is 7.98. The highest BCUT2D eigenvalue weighted by molar-refractivity contribution is 6.31. The summed E-state index contributed by atoms with van der Waals surface area (Å²) < 4.78 is 7.23. The van der Waals surface area contributed by atoms with Crippen molar-refractivity contribution < 1.29 is 9.53 Å². The minimum atomic E-state index is -0.0752. The molecule has 0 radical (unpaired) electrons. The number of aromatic nitrogens is 2. The number of halogens is 1. The van der Waals surface area contributed by atoms with Gasteiger partial charge in [0.2, 0.25) is 5.91 Å². The summed E-state index contributed by atoms with van der Waals surface area (Å²) in [5, 5.41) is 8.04. The molecule has 0 saturated heterocycles. The van der Waals surface area contributed by atoms with E-state index in [0.29, 0.717) is 23.0 Å². The second-order valence-electron chi connectivity index (χ2n) is 7.57. The molecule has 2 aromatic carbocycles. The zero-order valence-electron chi connectivity index (χ0n) is 17.6. The summed E-state index contributed by atoms with van der Waals surface area (Å²) in [6.45, 7) is 3.74.